The zero-order chi connectivity index (χ0) is 21.4. The van der Waals surface area contributed by atoms with Crippen molar-refractivity contribution in [1.29, 1.82) is 0 Å². The second-order valence-electron chi connectivity index (χ2n) is 7.75. The molecule has 1 saturated heterocycles. The number of rotatable bonds is 9. The van der Waals surface area contributed by atoms with Gasteiger partial charge in [0.05, 0.1) is 6.54 Å². The Morgan fingerprint density at radius 1 is 1.03 bits per heavy atom. The lowest BCUT2D eigenvalue weighted by Gasteiger charge is -2.38. The summed E-state index contributed by atoms with van der Waals surface area (Å²) in [5.41, 5.74) is 0.857. The molecule has 1 aliphatic rings. The molecule has 0 spiro atoms. The number of benzene rings is 1. The van der Waals surface area contributed by atoms with Crippen molar-refractivity contribution in [2.45, 2.75) is 52.6 Å². The molecule has 7 heteroatoms. The minimum absolute atomic E-state index is 0.133. The smallest absolute Gasteiger partial charge is 0.237 e. The maximum atomic E-state index is 12.9. The Morgan fingerprint density at radius 2 is 1.59 bits per heavy atom. The van der Waals surface area contributed by atoms with Crippen LogP contribution < -0.4 is 0 Å². The van der Waals surface area contributed by atoms with Crippen molar-refractivity contribution in [1.82, 2.24) is 14.1 Å². The number of piperazine rings is 1. The molecule has 162 valence electrons. The minimum Gasteiger partial charge on any atom is -0.336 e. The molecule has 2 atom stereocenters. The van der Waals surface area contributed by atoms with Crippen LogP contribution in [0.4, 0.5) is 0 Å². The van der Waals surface area contributed by atoms with Crippen LogP contribution in [0, 0.1) is 0 Å². The Labute approximate surface area is 176 Å². The lowest BCUT2D eigenvalue weighted by atomic mass is 10.1. The standard InChI is InChI=1S/C22H35N3O3S/c1-5-19(3)25(20(4)6-2)22(26)18-23-13-15-24(16-14-23)29(27,28)17-12-21-10-8-7-9-11-21/h7-12,17,19-20H,5-6,13-16,18H2,1-4H3/b17-12+/t19-,20-/m0/s1. The van der Waals surface area contributed by atoms with Crippen LogP contribution >= 0.6 is 0 Å². The molecule has 0 aromatic heterocycles. The predicted molar refractivity (Wildman–Crippen MR) is 119 cm³/mol. The van der Waals surface area contributed by atoms with Crippen LogP contribution in [0.2, 0.25) is 0 Å². The molecule has 0 unspecified atom stereocenters. The van der Waals surface area contributed by atoms with E-state index in [0.717, 1.165) is 18.4 Å². The molecule has 29 heavy (non-hydrogen) atoms. The van der Waals surface area contributed by atoms with E-state index in [4.69, 9.17) is 0 Å². The normalized spacial score (nSPS) is 18.6. The average molecular weight is 422 g/mol. The highest BCUT2D eigenvalue weighted by Crippen LogP contribution is 2.15. The van der Waals surface area contributed by atoms with Gasteiger partial charge in [0, 0.05) is 43.7 Å². The Bertz CT molecular complexity index is 762. The van der Waals surface area contributed by atoms with Gasteiger partial charge in [-0.15, -0.1) is 0 Å². The molecule has 0 aliphatic carbocycles. The first-order valence-corrected chi connectivity index (χ1v) is 12.1. The number of hydrogen-bond acceptors (Lipinski definition) is 4. The van der Waals surface area contributed by atoms with Crippen molar-refractivity contribution in [2.75, 3.05) is 32.7 Å². The van der Waals surface area contributed by atoms with Crippen LogP contribution in [0.15, 0.2) is 35.7 Å². The van der Waals surface area contributed by atoms with Crippen molar-refractivity contribution in [2.24, 2.45) is 0 Å². The number of nitrogens with zero attached hydrogens (tertiary/aromatic N) is 3. The lowest BCUT2D eigenvalue weighted by Crippen LogP contribution is -2.53. The van der Waals surface area contributed by atoms with Gasteiger partial charge in [0.15, 0.2) is 0 Å². The van der Waals surface area contributed by atoms with Gasteiger partial charge in [0.2, 0.25) is 15.9 Å². The fraction of sp³-hybridized carbons (Fsp3) is 0.591. The Morgan fingerprint density at radius 3 is 2.10 bits per heavy atom. The summed E-state index contributed by atoms with van der Waals surface area (Å²) in [6.45, 7) is 10.7. The topological polar surface area (TPSA) is 60.9 Å². The molecule has 1 aliphatic heterocycles. The maximum absolute atomic E-state index is 12.9. The quantitative estimate of drug-likeness (QED) is 0.615. The van der Waals surface area contributed by atoms with Gasteiger partial charge in [-0.25, -0.2) is 8.42 Å². The average Bonchev–Trinajstić information content (AvgIpc) is 2.73. The third-order valence-electron chi connectivity index (χ3n) is 5.70. The van der Waals surface area contributed by atoms with Gasteiger partial charge in [-0.2, -0.15) is 4.31 Å². The second-order valence-corrected chi connectivity index (χ2v) is 9.57. The zero-order valence-corrected chi connectivity index (χ0v) is 18.9. The molecule has 0 N–H and O–H groups in total. The molecule has 1 aromatic carbocycles. The first-order valence-electron chi connectivity index (χ1n) is 10.5. The first-order chi connectivity index (χ1) is 13.8. The number of sulfonamides is 1. The molecule has 0 radical (unpaired) electrons. The highest BCUT2D eigenvalue weighted by molar-refractivity contribution is 7.92. The van der Waals surface area contributed by atoms with Gasteiger partial charge in [0.1, 0.15) is 0 Å². The van der Waals surface area contributed by atoms with Crippen LogP contribution in [0.25, 0.3) is 6.08 Å². The Hall–Kier alpha value is -1.70. The SMILES string of the molecule is CC[C@H](C)N(C(=O)CN1CCN(S(=O)(=O)/C=C/c2ccccc2)CC1)[C@@H](C)CC. The third-order valence-corrected chi connectivity index (χ3v) is 7.27. The largest absolute Gasteiger partial charge is 0.336 e. The van der Waals surface area contributed by atoms with Crippen molar-refractivity contribution in [3.05, 3.63) is 41.3 Å². The van der Waals surface area contributed by atoms with Crippen LogP contribution in [0.5, 0.6) is 0 Å². The van der Waals surface area contributed by atoms with Gasteiger partial charge >= 0.3 is 0 Å². The summed E-state index contributed by atoms with van der Waals surface area (Å²) in [5, 5.41) is 1.27. The molecule has 2 rings (SSSR count). The van der Waals surface area contributed by atoms with Gasteiger partial charge in [0.25, 0.3) is 0 Å². The molecule has 1 fully saturated rings. The monoisotopic (exact) mass is 421 g/mol. The van der Waals surface area contributed by atoms with Gasteiger partial charge in [-0.1, -0.05) is 44.2 Å². The maximum Gasteiger partial charge on any atom is 0.237 e. The predicted octanol–water partition coefficient (Wildman–Crippen LogP) is 3.03. The van der Waals surface area contributed by atoms with Gasteiger partial charge in [-0.3, -0.25) is 9.69 Å². The molecule has 1 aromatic rings. The molecule has 1 heterocycles. The van der Waals surface area contributed by atoms with Crippen molar-refractivity contribution in [3.8, 4) is 0 Å². The minimum atomic E-state index is -3.45. The summed E-state index contributed by atoms with van der Waals surface area (Å²) in [6, 6.07) is 9.82. The first kappa shape index (κ1) is 23.6. The van der Waals surface area contributed by atoms with Crippen molar-refractivity contribution < 1.29 is 13.2 Å². The highest BCUT2D eigenvalue weighted by Gasteiger charge is 2.29. The summed E-state index contributed by atoms with van der Waals surface area (Å²) in [6.07, 6.45) is 3.48. The fourth-order valence-electron chi connectivity index (χ4n) is 3.55. The summed E-state index contributed by atoms with van der Waals surface area (Å²) < 4.78 is 26.7. The van der Waals surface area contributed by atoms with E-state index in [9.17, 15) is 13.2 Å². The molecule has 0 saturated carbocycles. The number of hydrogen-bond donors (Lipinski definition) is 0. The van der Waals surface area contributed by atoms with E-state index in [1.165, 1.54) is 9.71 Å². The Kier molecular flexibility index (Phi) is 8.86. The summed E-state index contributed by atoms with van der Waals surface area (Å²) in [5.74, 6) is 0.133. The van der Waals surface area contributed by atoms with Crippen LogP contribution in [0.3, 0.4) is 0 Å². The summed E-state index contributed by atoms with van der Waals surface area (Å²) in [4.78, 5) is 16.9. The van der Waals surface area contributed by atoms with Crippen LogP contribution in [-0.2, 0) is 14.8 Å². The molecular weight excluding hydrogens is 386 g/mol. The van der Waals surface area contributed by atoms with E-state index in [1.807, 2.05) is 35.2 Å². The van der Waals surface area contributed by atoms with E-state index in [-0.39, 0.29) is 18.0 Å². The highest BCUT2D eigenvalue weighted by atomic mass is 32.2. The zero-order valence-electron chi connectivity index (χ0n) is 18.1. The number of carbonyl (C=O) groups is 1. The van der Waals surface area contributed by atoms with Crippen molar-refractivity contribution in [3.63, 3.8) is 0 Å². The van der Waals surface area contributed by atoms with E-state index in [2.05, 4.69) is 32.6 Å². The van der Waals surface area contributed by atoms with Crippen LogP contribution in [-0.4, -0.2) is 73.2 Å². The van der Waals surface area contributed by atoms with E-state index in [0.29, 0.717) is 32.7 Å². The molecule has 0 bridgehead atoms. The van der Waals surface area contributed by atoms with E-state index in [1.54, 1.807) is 6.08 Å². The lowest BCUT2D eigenvalue weighted by molar-refractivity contribution is -0.137. The van der Waals surface area contributed by atoms with Crippen molar-refractivity contribution >= 4 is 22.0 Å². The molecular formula is C22H35N3O3S. The van der Waals surface area contributed by atoms with Gasteiger partial charge < -0.3 is 4.90 Å². The summed E-state index contributed by atoms with van der Waals surface area (Å²) >= 11 is 0. The summed E-state index contributed by atoms with van der Waals surface area (Å²) in [7, 11) is -3.45. The van der Waals surface area contributed by atoms with E-state index < -0.39 is 10.0 Å². The number of amides is 1. The number of carbonyl (C=O) groups excluding carboxylic acids is 1. The fourth-order valence-corrected chi connectivity index (χ4v) is 4.72. The molecule has 6 nitrogen and oxygen atoms in total. The second kappa shape index (κ2) is 10.9. The molecule has 1 amide bonds. The third kappa shape index (κ3) is 6.66. The Balaban J connectivity index is 1.92. The van der Waals surface area contributed by atoms with E-state index >= 15 is 0 Å². The van der Waals surface area contributed by atoms with Crippen LogP contribution in [0.1, 0.15) is 46.1 Å². The van der Waals surface area contributed by atoms with Gasteiger partial charge in [-0.05, 0) is 38.3 Å².